The van der Waals surface area contributed by atoms with Crippen molar-refractivity contribution in [2.75, 3.05) is 13.6 Å². The minimum absolute atomic E-state index is 0.0791. The molecule has 0 fully saturated rings. The third kappa shape index (κ3) is 4.81. The maximum Gasteiger partial charge on any atom is 0.303 e. The maximum atomic E-state index is 11.9. The summed E-state index contributed by atoms with van der Waals surface area (Å²) < 4.78 is 0. The Kier molecular flexibility index (Phi) is 5.33. The molecule has 0 rings (SSSR count). The zero-order chi connectivity index (χ0) is 12.1. The third-order valence-corrected chi connectivity index (χ3v) is 2.69. The first-order chi connectivity index (χ1) is 6.81. The molecule has 4 heteroatoms. The summed E-state index contributed by atoms with van der Waals surface area (Å²) >= 11 is 0. The number of rotatable bonds is 6. The SMILES string of the molecule is CCC(C)(C)C(=O)N(C)CCCC(=O)O. The van der Waals surface area contributed by atoms with Crippen molar-refractivity contribution >= 4 is 11.9 Å². The molecule has 0 aliphatic heterocycles. The van der Waals surface area contributed by atoms with Gasteiger partial charge in [-0.3, -0.25) is 9.59 Å². The molecule has 0 spiro atoms. The third-order valence-electron chi connectivity index (χ3n) is 2.69. The lowest BCUT2D eigenvalue weighted by atomic mass is 9.88. The molecule has 0 aromatic carbocycles. The van der Waals surface area contributed by atoms with Crippen LogP contribution < -0.4 is 0 Å². The van der Waals surface area contributed by atoms with Gasteiger partial charge in [-0.1, -0.05) is 20.8 Å². The first-order valence-electron chi connectivity index (χ1n) is 5.28. The van der Waals surface area contributed by atoms with Crippen LogP contribution in [0.3, 0.4) is 0 Å². The molecule has 0 atom stereocenters. The predicted molar refractivity (Wildman–Crippen MR) is 58.6 cm³/mol. The Labute approximate surface area is 91.3 Å². The van der Waals surface area contributed by atoms with E-state index in [2.05, 4.69) is 0 Å². The summed E-state index contributed by atoms with van der Waals surface area (Å²) in [5.41, 5.74) is -0.349. The van der Waals surface area contributed by atoms with Crippen molar-refractivity contribution in [3.05, 3.63) is 0 Å². The first-order valence-corrected chi connectivity index (χ1v) is 5.28. The minimum atomic E-state index is -0.814. The minimum Gasteiger partial charge on any atom is -0.481 e. The van der Waals surface area contributed by atoms with E-state index < -0.39 is 5.97 Å². The van der Waals surface area contributed by atoms with E-state index in [1.807, 2.05) is 20.8 Å². The van der Waals surface area contributed by atoms with Crippen molar-refractivity contribution in [2.45, 2.75) is 40.0 Å². The average Bonchev–Trinajstić information content (AvgIpc) is 2.15. The van der Waals surface area contributed by atoms with Crippen molar-refractivity contribution < 1.29 is 14.7 Å². The van der Waals surface area contributed by atoms with E-state index in [0.717, 1.165) is 6.42 Å². The molecule has 0 aliphatic carbocycles. The fourth-order valence-corrected chi connectivity index (χ4v) is 1.24. The van der Waals surface area contributed by atoms with Crippen LogP contribution in [0.4, 0.5) is 0 Å². The highest BCUT2D eigenvalue weighted by molar-refractivity contribution is 5.81. The summed E-state index contributed by atoms with van der Waals surface area (Å²) in [5.74, 6) is -0.735. The van der Waals surface area contributed by atoms with Gasteiger partial charge < -0.3 is 10.0 Å². The topological polar surface area (TPSA) is 57.6 Å². The van der Waals surface area contributed by atoms with Gasteiger partial charge in [-0.25, -0.2) is 0 Å². The van der Waals surface area contributed by atoms with Gasteiger partial charge in [0.05, 0.1) is 0 Å². The Morgan fingerprint density at radius 2 is 1.87 bits per heavy atom. The number of carbonyl (C=O) groups excluding carboxylic acids is 1. The molecule has 0 unspecified atom stereocenters. The lowest BCUT2D eigenvalue weighted by molar-refractivity contribution is -0.141. The molecular weight excluding hydrogens is 194 g/mol. The average molecular weight is 215 g/mol. The van der Waals surface area contributed by atoms with E-state index in [4.69, 9.17) is 5.11 Å². The van der Waals surface area contributed by atoms with Crippen LogP contribution in [0, 0.1) is 5.41 Å². The van der Waals surface area contributed by atoms with Gasteiger partial charge in [-0.2, -0.15) is 0 Å². The Morgan fingerprint density at radius 1 is 1.33 bits per heavy atom. The van der Waals surface area contributed by atoms with Crippen LogP contribution in [-0.4, -0.2) is 35.5 Å². The van der Waals surface area contributed by atoms with E-state index >= 15 is 0 Å². The zero-order valence-corrected chi connectivity index (χ0v) is 10.0. The molecule has 0 aromatic heterocycles. The van der Waals surface area contributed by atoms with Crippen LogP contribution in [0.25, 0.3) is 0 Å². The van der Waals surface area contributed by atoms with E-state index in [9.17, 15) is 9.59 Å². The number of nitrogens with zero attached hydrogens (tertiary/aromatic N) is 1. The highest BCUT2D eigenvalue weighted by atomic mass is 16.4. The van der Waals surface area contributed by atoms with Gasteiger partial charge in [0.2, 0.25) is 5.91 Å². The Balaban J connectivity index is 4.05. The molecular formula is C11H21NO3. The Bertz CT molecular complexity index is 236. The zero-order valence-electron chi connectivity index (χ0n) is 10.0. The van der Waals surface area contributed by atoms with Crippen LogP contribution >= 0.6 is 0 Å². The smallest absolute Gasteiger partial charge is 0.303 e. The Hall–Kier alpha value is -1.06. The molecule has 1 amide bonds. The van der Waals surface area contributed by atoms with Gasteiger partial charge in [0, 0.05) is 25.4 Å². The second kappa shape index (κ2) is 5.73. The number of carboxylic acids is 1. The summed E-state index contributed by atoms with van der Waals surface area (Å²) in [6, 6.07) is 0. The molecule has 0 radical (unpaired) electrons. The van der Waals surface area contributed by atoms with Crippen LogP contribution in [-0.2, 0) is 9.59 Å². The number of aliphatic carboxylic acids is 1. The second-order valence-corrected chi connectivity index (χ2v) is 4.46. The van der Waals surface area contributed by atoms with Crippen LogP contribution in [0.1, 0.15) is 40.0 Å². The van der Waals surface area contributed by atoms with Gasteiger partial charge in [0.15, 0.2) is 0 Å². The molecule has 0 aromatic rings. The van der Waals surface area contributed by atoms with E-state index in [0.29, 0.717) is 13.0 Å². The molecule has 1 N–H and O–H groups in total. The Morgan fingerprint density at radius 3 is 2.27 bits per heavy atom. The molecule has 15 heavy (non-hydrogen) atoms. The standard InChI is InChI=1S/C11H21NO3/c1-5-11(2,3)10(15)12(4)8-6-7-9(13)14/h5-8H2,1-4H3,(H,13,14). The number of carbonyl (C=O) groups is 2. The van der Waals surface area contributed by atoms with E-state index in [1.54, 1.807) is 11.9 Å². The van der Waals surface area contributed by atoms with E-state index in [1.165, 1.54) is 0 Å². The van der Waals surface area contributed by atoms with Gasteiger partial charge in [0.1, 0.15) is 0 Å². The molecule has 0 saturated carbocycles. The number of amides is 1. The predicted octanol–water partition coefficient (Wildman–Crippen LogP) is 1.75. The molecule has 0 bridgehead atoms. The summed E-state index contributed by atoms with van der Waals surface area (Å²) in [7, 11) is 1.72. The number of hydrogen-bond acceptors (Lipinski definition) is 2. The van der Waals surface area contributed by atoms with Gasteiger partial charge >= 0.3 is 5.97 Å². The second-order valence-electron chi connectivity index (χ2n) is 4.46. The van der Waals surface area contributed by atoms with Crippen LogP contribution in [0.2, 0.25) is 0 Å². The van der Waals surface area contributed by atoms with Crippen molar-refractivity contribution in [3.8, 4) is 0 Å². The van der Waals surface area contributed by atoms with Crippen LogP contribution in [0.15, 0.2) is 0 Å². The quantitative estimate of drug-likeness (QED) is 0.734. The number of hydrogen-bond donors (Lipinski definition) is 1. The van der Waals surface area contributed by atoms with Crippen LogP contribution in [0.5, 0.6) is 0 Å². The van der Waals surface area contributed by atoms with Gasteiger partial charge in [-0.15, -0.1) is 0 Å². The highest BCUT2D eigenvalue weighted by Crippen LogP contribution is 2.22. The largest absolute Gasteiger partial charge is 0.481 e. The van der Waals surface area contributed by atoms with Crippen molar-refractivity contribution in [1.29, 1.82) is 0 Å². The van der Waals surface area contributed by atoms with Crippen molar-refractivity contribution in [3.63, 3.8) is 0 Å². The fourth-order valence-electron chi connectivity index (χ4n) is 1.24. The van der Waals surface area contributed by atoms with Gasteiger partial charge in [0.25, 0.3) is 0 Å². The molecule has 0 saturated heterocycles. The first kappa shape index (κ1) is 13.9. The summed E-state index contributed by atoms with van der Waals surface area (Å²) in [6.45, 7) is 6.30. The highest BCUT2D eigenvalue weighted by Gasteiger charge is 2.27. The molecule has 0 heterocycles. The maximum absolute atomic E-state index is 11.9. The fraction of sp³-hybridized carbons (Fsp3) is 0.818. The molecule has 88 valence electrons. The lowest BCUT2D eigenvalue weighted by Crippen LogP contribution is -2.38. The van der Waals surface area contributed by atoms with Crippen molar-refractivity contribution in [2.24, 2.45) is 5.41 Å². The van der Waals surface area contributed by atoms with Crippen molar-refractivity contribution in [1.82, 2.24) is 4.90 Å². The molecule has 0 aliphatic rings. The van der Waals surface area contributed by atoms with E-state index in [-0.39, 0.29) is 17.7 Å². The van der Waals surface area contributed by atoms with Gasteiger partial charge in [-0.05, 0) is 12.8 Å². The summed E-state index contributed by atoms with van der Waals surface area (Å²) in [5, 5.41) is 8.47. The molecule has 4 nitrogen and oxygen atoms in total. The monoisotopic (exact) mass is 215 g/mol. The number of carboxylic acid groups (broad SMARTS) is 1. The normalized spacial score (nSPS) is 11.2. The lowest BCUT2D eigenvalue weighted by Gasteiger charge is -2.28. The summed E-state index contributed by atoms with van der Waals surface area (Å²) in [4.78, 5) is 23.8. The summed E-state index contributed by atoms with van der Waals surface area (Å²) in [6.07, 6.45) is 1.41.